The summed E-state index contributed by atoms with van der Waals surface area (Å²) in [6.07, 6.45) is 5.37. The molecule has 1 aliphatic heterocycles. The molecule has 1 atom stereocenters. The van der Waals surface area contributed by atoms with Gasteiger partial charge in [0.05, 0.1) is 0 Å². The van der Waals surface area contributed by atoms with E-state index >= 15 is 0 Å². The minimum absolute atomic E-state index is 0. The van der Waals surface area contributed by atoms with E-state index in [1.165, 1.54) is 32.5 Å². The van der Waals surface area contributed by atoms with E-state index in [9.17, 15) is 0 Å². The molecule has 0 saturated carbocycles. The van der Waals surface area contributed by atoms with Crippen LogP contribution in [0, 0.1) is 11.8 Å². The van der Waals surface area contributed by atoms with Crippen molar-refractivity contribution in [3.63, 3.8) is 0 Å². The predicted octanol–water partition coefficient (Wildman–Crippen LogP) is 2.78. The maximum atomic E-state index is 4.35. The highest BCUT2D eigenvalue weighted by atomic mass is 127. The first-order valence-corrected chi connectivity index (χ1v) is 9.24. The van der Waals surface area contributed by atoms with Crippen LogP contribution in [0.15, 0.2) is 29.4 Å². The lowest BCUT2D eigenvalue weighted by molar-refractivity contribution is 0.159. The lowest BCUT2D eigenvalue weighted by Crippen LogP contribution is -2.45. The molecule has 142 valence electrons. The van der Waals surface area contributed by atoms with Crippen molar-refractivity contribution in [2.45, 2.75) is 33.1 Å². The number of halogens is 1. The normalized spacial score (nSPS) is 18.7. The Morgan fingerprint density at radius 2 is 2.20 bits per heavy atom. The minimum atomic E-state index is 0. The van der Waals surface area contributed by atoms with Crippen molar-refractivity contribution in [2.75, 3.05) is 39.8 Å². The third-order valence-corrected chi connectivity index (χ3v) is 4.41. The minimum Gasteiger partial charge on any atom is -0.356 e. The summed E-state index contributed by atoms with van der Waals surface area (Å²) in [6.45, 7) is 10.1. The number of aliphatic imine (C=N–C) groups is 1. The second-order valence-electron chi connectivity index (χ2n) is 7.11. The summed E-state index contributed by atoms with van der Waals surface area (Å²) < 4.78 is 0. The number of guanidine groups is 1. The SMILES string of the molecule is CN=C(NCCc1ccccn1)NCC1CCCN(CC(C)C)C1.I. The first-order chi connectivity index (χ1) is 11.7. The lowest BCUT2D eigenvalue weighted by atomic mass is 9.97. The number of hydrogen-bond acceptors (Lipinski definition) is 3. The van der Waals surface area contributed by atoms with Gasteiger partial charge in [-0.25, -0.2) is 0 Å². The Hall–Kier alpha value is -0.890. The van der Waals surface area contributed by atoms with Crippen molar-refractivity contribution in [3.8, 4) is 0 Å². The van der Waals surface area contributed by atoms with Gasteiger partial charge in [-0.05, 0) is 43.4 Å². The third-order valence-electron chi connectivity index (χ3n) is 4.41. The molecule has 1 saturated heterocycles. The van der Waals surface area contributed by atoms with Crippen molar-refractivity contribution >= 4 is 29.9 Å². The average Bonchev–Trinajstić information content (AvgIpc) is 2.58. The molecule has 2 N–H and O–H groups in total. The van der Waals surface area contributed by atoms with Crippen LogP contribution in [-0.4, -0.2) is 55.6 Å². The Morgan fingerprint density at radius 1 is 1.36 bits per heavy atom. The Morgan fingerprint density at radius 3 is 2.88 bits per heavy atom. The zero-order valence-electron chi connectivity index (χ0n) is 15.9. The van der Waals surface area contributed by atoms with E-state index in [-0.39, 0.29) is 24.0 Å². The fourth-order valence-corrected chi connectivity index (χ4v) is 3.32. The fraction of sp³-hybridized carbons (Fsp3) is 0.684. The summed E-state index contributed by atoms with van der Waals surface area (Å²) in [5.41, 5.74) is 1.11. The molecule has 5 nitrogen and oxygen atoms in total. The number of pyridine rings is 1. The summed E-state index contributed by atoms with van der Waals surface area (Å²) in [7, 11) is 1.84. The molecule has 1 aliphatic rings. The highest BCUT2D eigenvalue weighted by Gasteiger charge is 2.20. The van der Waals surface area contributed by atoms with Gasteiger partial charge >= 0.3 is 0 Å². The zero-order chi connectivity index (χ0) is 17.2. The van der Waals surface area contributed by atoms with Crippen LogP contribution < -0.4 is 10.6 Å². The molecule has 0 spiro atoms. The van der Waals surface area contributed by atoms with Crippen molar-refractivity contribution in [1.82, 2.24) is 20.5 Å². The van der Waals surface area contributed by atoms with Crippen LogP contribution in [0.1, 0.15) is 32.4 Å². The monoisotopic (exact) mass is 459 g/mol. The molecule has 1 aromatic heterocycles. The Kier molecular flexibility index (Phi) is 11.0. The van der Waals surface area contributed by atoms with Crippen molar-refractivity contribution in [3.05, 3.63) is 30.1 Å². The van der Waals surface area contributed by atoms with Gasteiger partial charge < -0.3 is 15.5 Å². The number of piperidine rings is 1. The smallest absolute Gasteiger partial charge is 0.190 e. The lowest BCUT2D eigenvalue weighted by Gasteiger charge is -2.34. The van der Waals surface area contributed by atoms with Crippen molar-refractivity contribution in [1.29, 1.82) is 0 Å². The van der Waals surface area contributed by atoms with Crippen LogP contribution in [0.5, 0.6) is 0 Å². The molecule has 1 aromatic rings. The Labute approximate surface area is 170 Å². The molecule has 0 bridgehead atoms. The molecular formula is C19H34IN5. The average molecular weight is 459 g/mol. The summed E-state index contributed by atoms with van der Waals surface area (Å²) in [5, 5.41) is 6.88. The van der Waals surface area contributed by atoms with E-state index in [0.717, 1.165) is 37.1 Å². The van der Waals surface area contributed by atoms with E-state index in [1.54, 1.807) is 0 Å². The van der Waals surface area contributed by atoms with E-state index < -0.39 is 0 Å². The van der Waals surface area contributed by atoms with Crippen LogP contribution in [0.2, 0.25) is 0 Å². The maximum absolute atomic E-state index is 4.35. The van der Waals surface area contributed by atoms with Crippen LogP contribution in [-0.2, 0) is 6.42 Å². The van der Waals surface area contributed by atoms with Crippen molar-refractivity contribution in [2.24, 2.45) is 16.8 Å². The van der Waals surface area contributed by atoms with Crippen molar-refractivity contribution < 1.29 is 0 Å². The van der Waals surface area contributed by atoms with E-state index in [4.69, 9.17) is 0 Å². The van der Waals surface area contributed by atoms with E-state index in [0.29, 0.717) is 5.92 Å². The quantitative estimate of drug-likeness (QED) is 0.374. The molecule has 1 unspecified atom stereocenters. The van der Waals surface area contributed by atoms with Gasteiger partial charge in [-0.1, -0.05) is 19.9 Å². The Bertz CT molecular complexity index is 492. The molecular weight excluding hydrogens is 425 g/mol. The zero-order valence-corrected chi connectivity index (χ0v) is 18.2. The number of nitrogens with zero attached hydrogens (tertiary/aromatic N) is 3. The number of likely N-dealkylation sites (tertiary alicyclic amines) is 1. The molecule has 2 heterocycles. The standard InChI is InChI=1S/C19H33N5.HI/c1-16(2)14-24-12-6-7-17(15-24)13-23-19(20-3)22-11-9-18-8-4-5-10-21-18;/h4-5,8,10,16-17H,6-7,9,11-15H2,1-3H3,(H2,20,22,23);1H. The van der Waals surface area contributed by atoms with Crippen LogP contribution in [0.4, 0.5) is 0 Å². The third kappa shape index (κ3) is 8.85. The second-order valence-corrected chi connectivity index (χ2v) is 7.11. The highest BCUT2D eigenvalue weighted by molar-refractivity contribution is 14.0. The van der Waals surface area contributed by atoms with Gasteiger partial charge in [-0.2, -0.15) is 0 Å². The highest BCUT2D eigenvalue weighted by Crippen LogP contribution is 2.16. The predicted molar refractivity (Wildman–Crippen MR) is 117 cm³/mol. The molecule has 6 heteroatoms. The van der Waals surface area contributed by atoms with Gasteiger partial charge in [0, 0.05) is 51.5 Å². The Balaban J connectivity index is 0.00000312. The summed E-state index contributed by atoms with van der Waals surface area (Å²) in [6, 6.07) is 6.04. The number of rotatable bonds is 7. The first kappa shape index (κ1) is 22.2. The van der Waals surface area contributed by atoms with Gasteiger partial charge in [-0.3, -0.25) is 9.98 Å². The van der Waals surface area contributed by atoms with Gasteiger partial charge in [0.25, 0.3) is 0 Å². The van der Waals surface area contributed by atoms with Crippen LogP contribution >= 0.6 is 24.0 Å². The number of aromatic nitrogens is 1. The van der Waals surface area contributed by atoms with Gasteiger partial charge in [0.2, 0.25) is 0 Å². The summed E-state index contributed by atoms with van der Waals surface area (Å²) >= 11 is 0. The first-order valence-electron chi connectivity index (χ1n) is 9.24. The number of hydrogen-bond donors (Lipinski definition) is 2. The molecule has 0 radical (unpaired) electrons. The molecule has 0 aromatic carbocycles. The van der Waals surface area contributed by atoms with Crippen LogP contribution in [0.25, 0.3) is 0 Å². The summed E-state index contributed by atoms with van der Waals surface area (Å²) in [5.74, 6) is 2.36. The largest absolute Gasteiger partial charge is 0.356 e. The van der Waals surface area contributed by atoms with Gasteiger partial charge in [0.1, 0.15) is 0 Å². The molecule has 0 aliphatic carbocycles. The second kappa shape index (κ2) is 12.5. The van der Waals surface area contributed by atoms with Gasteiger partial charge in [-0.15, -0.1) is 24.0 Å². The maximum Gasteiger partial charge on any atom is 0.190 e. The fourth-order valence-electron chi connectivity index (χ4n) is 3.32. The van der Waals surface area contributed by atoms with Crippen LogP contribution in [0.3, 0.4) is 0 Å². The topological polar surface area (TPSA) is 52.6 Å². The van der Waals surface area contributed by atoms with E-state index in [2.05, 4.69) is 45.4 Å². The molecule has 2 rings (SSSR count). The molecule has 0 amide bonds. The molecule has 25 heavy (non-hydrogen) atoms. The van der Waals surface area contributed by atoms with E-state index in [1.807, 2.05) is 25.4 Å². The number of nitrogens with one attached hydrogen (secondary N) is 2. The summed E-state index contributed by atoms with van der Waals surface area (Å²) in [4.78, 5) is 11.3. The van der Waals surface area contributed by atoms with Gasteiger partial charge in [0.15, 0.2) is 5.96 Å². The molecule has 1 fully saturated rings.